The maximum absolute atomic E-state index is 14.4. The fourth-order valence-electron chi connectivity index (χ4n) is 5.20. The Kier molecular flexibility index (Phi) is 11.5. The first-order valence-electron chi connectivity index (χ1n) is 11.9. The quantitative estimate of drug-likeness (QED) is 0.365. The Morgan fingerprint density at radius 2 is 2.08 bits per heavy atom. The van der Waals surface area contributed by atoms with Crippen LogP contribution in [-0.2, 0) is 5.54 Å². The minimum Gasteiger partial charge on any atom is -0.465 e. The minimum absolute atomic E-state index is 0. The van der Waals surface area contributed by atoms with Crippen molar-refractivity contribution in [2.75, 3.05) is 32.7 Å². The van der Waals surface area contributed by atoms with Crippen molar-refractivity contribution in [3.63, 3.8) is 0 Å². The van der Waals surface area contributed by atoms with Crippen molar-refractivity contribution in [3.8, 4) is 0 Å². The number of carbonyl (C=O) groups is 1. The van der Waals surface area contributed by atoms with Gasteiger partial charge >= 0.3 is 6.09 Å². The van der Waals surface area contributed by atoms with Gasteiger partial charge < -0.3 is 10.0 Å². The first-order valence-corrected chi connectivity index (χ1v) is 13.2. The number of aliphatic imine (C=N–C) groups is 1. The maximum Gasteiger partial charge on any atom is 0.408 e. The number of thioether (sulfide) groups is 1. The summed E-state index contributed by atoms with van der Waals surface area (Å²) in [5.74, 6) is -0.387. The highest BCUT2D eigenvalue weighted by Crippen LogP contribution is 2.44. The molecule has 200 valence electrons. The summed E-state index contributed by atoms with van der Waals surface area (Å²) in [5.41, 5.74) is 2.92. The molecule has 4 rings (SSSR count). The van der Waals surface area contributed by atoms with Crippen LogP contribution in [0.15, 0.2) is 40.2 Å². The fourth-order valence-corrected chi connectivity index (χ4v) is 6.51. The highest BCUT2D eigenvalue weighted by atomic mass is 35.5. The second-order valence-electron chi connectivity index (χ2n) is 8.81. The van der Waals surface area contributed by atoms with Gasteiger partial charge in [-0.1, -0.05) is 38.2 Å². The molecular weight excluding hydrogens is 544 g/mol. The molecule has 0 aliphatic carbocycles. The Morgan fingerprint density at radius 1 is 1.33 bits per heavy atom. The third-order valence-electron chi connectivity index (χ3n) is 6.92. The number of carboxylic acid groups (broad SMARTS) is 1. The molecule has 3 heterocycles. The monoisotopic (exact) mass is 577 g/mol. The molecule has 0 saturated carbocycles. The molecule has 2 unspecified atom stereocenters. The molecule has 2 fully saturated rings. The summed E-state index contributed by atoms with van der Waals surface area (Å²) in [6.45, 7) is 8.05. The van der Waals surface area contributed by atoms with Crippen molar-refractivity contribution in [1.29, 1.82) is 0 Å². The predicted molar refractivity (Wildman–Crippen MR) is 153 cm³/mol. The molecule has 0 spiro atoms. The van der Waals surface area contributed by atoms with Gasteiger partial charge in [-0.2, -0.15) is 0 Å². The lowest BCUT2D eigenvalue weighted by atomic mass is 9.77. The fraction of sp³-hybridized carbons (Fsp3) is 0.542. The van der Waals surface area contributed by atoms with Crippen LogP contribution in [0.25, 0.3) is 0 Å². The van der Waals surface area contributed by atoms with E-state index in [9.17, 15) is 14.3 Å². The van der Waals surface area contributed by atoms with Gasteiger partial charge in [0.25, 0.3) is 0 Å². The number of nitrogens with one attached hydrogen (secondary N) is 1. The largest absolute Gasteiger partial charge is 0.465 e. The smallest absolute Gasteiger partial charge is 0.408 e. The number of hydrogen-bond acceptors (Lipinski definition) is 6. The molecule has 2 N–H and O–H groups in total. The highest BCUT2D eigenvalue weighted by Gasteiger charge is 2.47. The van der Waals surface area contributed by atoms with E-state index in [0.717, 1.165) is 55.5 Å². The Bertz CT molecular complexity index is 1000. The molecule has 3 aliphatic rings. The maximum atomic E-state index is 14.4. The van der Waals surface area contributed by atoms with E-state index < -0.39 is 11.6 Å². The van der Waals surface area contributed by atoms with Crippen molar-refractivity contribution in [2.45, 2.75) is 51.1 Å². The number of nitrogens with zero attached hydrogens (tertiary/aromatic N) is 4. The van der Waals surface area contributed by atoms with Crippen LogP contribution in [0.1, 0.15) is 45.1 Å². The molecule has 1 aromatic carbocycles. The van der Waals surface area contributed by atoms with Crippen LogP contribution in [0.3, 0.4) is 0 Å². The lowest BCUT2D eigenvalue weighted by Gasteiger charge is -2.49. The van der Waals surface area contributed by atoms with E-state index in [1.807, 2.05) is 17.2 Å². The minimum atomic E-state index is -1.05. The number of rotatable bonds is 5. The summed E-state index contributed by atoms with van der Waals surface area (Å²) < 4.78 is 14.4. The molecule has 0 bridgehead atoms. The molecule has 1 aromatic rings. The molecule has 2 atom stereocenters. The predicted octanol–water partition coefficient (Wildman–Crippen LogP) is 5.26. The highest BCUT2D eigenvalue weighted by molar-refractivity contribution is 8.19. The van der Waals surface area contributed by atoms with E-state index in [0.29, 0.717) is 23.5 Å². The average Bonchev–Trinajstić information content (AvgIpc) is 3.20. The third-order valence-corrected chi connectivity index (χ3v) is 8.39. The Hall–Kier alpha value is -1.43. The van der Waals surface area contributed by atoms with Crippen LogP contribution >= 0.6 is 48.8 Å². The number of piperidine rings is 1. The van der Waals surface area contributed by atoms with Gasteiger partial charge in [-0.25, -0.2) is 19.6 Å². The number of hydrazine groups is 1. The van der Waals surface area contributed by atoms with Crippen molar-refractivity contribution < 1.29 is 14.3 Å². The number of amidine groups is 1. The second-order valence-corrected chi connectivity index (χ2v) is 10.2. The van der Waals surface area contributed by atoms with Crippen LogP contribution in [0.5, 0.6) is 0 Å². The Morgan fingerprint density at radius 3 is 2.69 bits per heavy atom. The van der Waals surface area contributed by atoms with Crippen molar-refractivity contribution in [1.82, 2.24) is 20.2 Å². The van der Waals surface area contributed by atoms with E-state index in [1.165, 1.54) is 28.8 Å². The van der Waals surface area contributed by atoms with Gasteiger partial charge in [0.1, 0.15) is 10.8 Å². The molecule has 0 radical (unpaired) electrons. The zero-order chi connectivity index (χ0) is 24.3. The van der Waals surface area contributed by atoms with E-state index in [2.05, 4.69) is 29.2 Å². The molecule has 2 saturated heterocycles. The molecule has 0 aromatic heterocycles. The van der Waals surface area contributed by atoms with E-state index >= 15 is 0 Å². The number of halogens is 3. The summed E-state index contributed by atoms with van der Waals surface area (Å²) in [6.07, 6.45) is 4.35. The molecule has 12 heteroatoms. The number of hydrogen-bond donors (Lipinski definition) is 2. The first kappa shape index (κ1) is 30.8. The van der Waals surface area contributed by atoms with Gasteiger partial charge in [-0.05, 0) is 74.3 Å². The summed E-state index contributed by atoms with van der Waals surface area (Å²) in [5, 5.41) is 13.0. The summed E-state index contributed by atoms with van der Waals surface area (Å²) in [6, 6.07) is 6.46. The van der Waals surface area contributed by atoms with Gasteiger partial charge in [-0.3, -0.25) is 9.91 Å². The summed E-state index contributed by atoms with van der Waals surface area (Å²) in [7, 11) is 0. The van der Waals surface area contributed by atoms with Crippen LogP contribution in [0.4, 0.5) is 9.18 Å². The van der Waals surface area contributed by atoms with Crippen molar-refractivity contribution in [3.05, 3.63) is 46.6 Å². The molecule has 36 heavy (non-hydrogen) atoms. The van der Waals surface area contributed by atoms with E-state index in [-0.39, 0.29) is 36.7 Å². The first-order chi connectivity index (χ1) is 16.4. The van der Waals surface area contributed by atoms with E-state index in [4.69, 9.17) is 12.2 Å². The van der Waals surface area contributed by atoms with Crippen molar-refractivity contribution in [2.24, 2.45) is 4.99 Å². The van der Waals surface area contributed by atoms with Crippen molar-refractivity contribution >= 4 is 65.0 Å². The normalized spacial score (nSPS) is 25.4. The average molecular weight is 579 g/mol. The Labute approximate surface area is 234 Å². The third kappa shape index (κ3) is 6.34. The second kappa shape index (κ2) is 13.4. The molecule has 1 amide bonds. The molecule has 3 aliphatic heterocycles. The number of likely N-dealkylation sites (tertiary alicyclic amines) is 1. The SMILES string of the molecule is CCN(CC)C1CCN(C(=O)O)C(C=C2SC(N3CCCCN3)=NC2=S)(c2cccc(F)c2)C1.Cl.Cl. The van der Waals surface area contributed by atoms with Gasteiger partial charge in [0, 0.05) is 25.7 Å². The standard InChI is InChI=1S/C24H32FN5O2S2.2ClH/c1-3-28(4-2)19-10-13-29(23(31)32)24(15-19,17-8-7-9-18(25)14-17)16-20-21(33)27-22(34-20)30-12-6-5-11-26-30;;/h7-9,14,16,19,26H,3-6,10-13,15H2,1-2H3,(H,31,32);2*1H. The number of thiocarbonyl (C=S) groups is 1. The summed E-state index contributed by atoms with van der Waals surface area (Å²) >= 11 is 7.09. The Balaban J connectivity index is 0.00000228. The van der Waals surface area contributed by atoms with Gasteiger partial charge in [0.2, 0.25) is 0 Å². The van der Waals surface area contributed by atoms with E-state index in [1.54, 1.807) is 6.07 Å². The molecule has 7 nitrogen and oxygen atoms in total. The van der Waals surface area contributed by atoms with Crippen LogP contribution in [0.2, 0.25) is 0 Å². The zero-order valence-electron chi connectivity index (χ0n) is 20.5. The zero-order valence-corrected chi connectivity index (χ0v) is 23.7. The number of benzene rings is 1. The topological polar surface area (TPSA) is 71.4 Å². The van der Waals surface area contributed by atoms with Gasteiger partial charge in [0.15, 0.2) is 5.17 Å². The summed E-state index contributed by atoms with van der Waals surface area (Å²) in [4.78, 5) is 22.1. The lowest BCUT2D eigenvalue weighted by Crippen LogP contribution is -2.57. The van der Waals surface area contributed by atoms with Gasteiger partial charge in [0.05, 0.1) is 10.4 Å². The van der Waals surface area contributed by atoms with Crippen LogP contribution < -0.4 is 5.43 Å². The van der Waals surface area contributed by atoms with Crippen LogP contribution in [-0.4, -0.2) is 74.9 Å². The molecular formula is C24H34Cl2FN5O2S2. The lowest BCUT2D eigenvalue weighted by molar-refractivity contribution is 0.0295. The van der Waals surface area contributed by atoms with Gasteiger partial charge in [-0.15, -0.1) is 24.8 Å². The van der Waals surface area contributed by atoms with Crippen LogP contribution in [0, 0.1) is 5.82 Å². The number of amides is 1.